The molecule has 146 valence electrons. The lowest BCUT2D eigenvalue weighted by Gasteiger charge is -2.04. The van der Waals surface area contributed by atoms with E-state index in [1.54, 1.807) is 13.8 Å². The van der Waals surface area contributed by atoms with Crippen LogP contribution in [0.5, 0.6) is 11.9 Å². The van der Waals surface area contributed by atoms with Gasteiger partial charge in [0.05, 0.1) is 16.3 Å². The van der Waals surface area contributed by atoms with Gasteiger partial charge in [0.15, 0.2) is 0 Å². The Kier molecular flexibility index (Phi) is 6.21. The van der Waals surface area contributed by atoms with Crippen LogP contribution in [0.1, 0.15) is 25.0 Å². The van der Waals surface area contributed by atoms with E-state index >= 15 is 0 Å². The smallest absolute Gasteiger partial charge is 0.328 e. The van der Waals surface area contributed by atoms with Crippen LogP contribution < -0.4 is 9.68 Å². The Balaban J connectivity index is 1.82. The van der Waals surface area contributed by atoms with Gasteiger partial charge in [-0.3, -0.25) is 10.1 Å². The van der Waals surface area contributed by atoms with Crippen LogP contribution >= 0.6 is 0 Å². The molecule has 0 saturated heterocycles. The number of benzene rings is 2. The maximum Gasteiger partial charge on any atom is 0.352 e. The number of hydrogen-bond acceptors (Lipinski definition) is 8. The zero-order valence-electron chi connectivity index (χ0n) is 15.7. The van der Waals surface area contributed by atoms with Crippen LogP contribution in [0.15, 0.2) is 77.2 Å². The monoisotopic (exact) mass is 391 g/mol. The molecule has 0 radical (unpaired) electrons. The predicted molar refractivity (Wildman–Crippen MR) is 107 cm³/mol. The lowest BCUT2D eigenvalue weighted by molar-refractivity contribution is -0.386. The molecule has 0 atom stereocenters. The molecule has 0 aliphatic carbocycles. The standard InChI is InChI=1S/C20H17N5O4/c1-14(16-9-5-3-6-10-16)23-28-19-18(25(26)27)13-21-20(22-19)29-24-15(2)17-11-7-4-8-12-17/h3-13H,1-2H3. The first-order valence-electron chi connectivity index (χ1n) is 8.60. The Morgan fingerprint density at radius 1 is 0.897 bits per heavy atom. The van der Waals surface area contributed by atoms with Gasteiger partial charge in [0.1, 0.15) is 6.20 Å². The van der Waals surface area contributed by atoms with E-state index in [0.29, 0.717) is 11.4 Å². The first-order valence-corrected chi connectivity index (χ1v) is 8.60. The number of rotatable bonds is 7. The molecule has 1 heterocycles. The largest absolute Gasteiger partial charge is 0.352 e. The second-order valence-corrected chi connectivity index (χ2v) is 5.87. The molecule has 3 aromatic rings. The molecule has 0 N–H and O–H groups in total. The molecule has 1 aromatic heterocycles. The topological polar surface area (TPSA) is 112 Å². The Labute approximate surface area is 166 Å². The fourth-order valence-electron chi connectivity index (χ4n) is 2.27. The van der Waals surface area contributed by atoms with Crippen LogP contribution in [0.25, 0.3) is 0 Å². The summed E-state index contributed by atoms with van der Waals surface area (Å²) in [7, 11) is 0. The average Bonchev–Trinajstić information content (AvgIpc) is 2.76. The van der Waals surface area contributed by atoms with Crippen LogP contribution in [0.3, 0.4) is 0 Å². The predicted octanol–water partition coefficient (Wildman–Crippen LogP) is 3.99. The summed E-state index contributed by atoms with van der Waals surface area (Å²) in [4.78, 5) is 28.7. The first kappa shape index (κ1) is 19.6. The second kappa shape index (κ2) is 9.18. The molecule has 0 fully saturated rings. The lowest BCUT2D eigenvalue weighted by Crippen LogP contribution is -2.04. The summed E-state index contributed by atoms with van der Waals surface area (Å²) in [6.07, 6.45) is 0.985. The van der Waals surface area contributed by atoms with E-state index in [4.69, 9.17) is 9.68 Å². The van der Waals surface area contributed by atoms with Gasteiger partial charge >= 0.3 is 17.6 Å². The normalized spacial score (nSPS) is 11.8. The number of aromatic nitrogens is 2. The third kappa shape index (κ3) is 5.19. The summed E-state index contributed by atoms with van der Waals surface area (Å²) in [5, 5.41) is 19.1. The SMILES string of the molecule is CC(=NOc1ncc([N+](=O)[O-])c(ON=C(C)c2ccccc2)n1)c1ccccc1. The summed E-state index contributed by atoms with van der Waals surface area (Å²) in [6.45, 7) is 3.47. The molecule has 0 aliphatic heterocycles. The highest BCUT2D eigenvalue weighted by Crippen LogP contribution is 2.25. The lowest BCUT2D eigenvalue weighted by atomic mass is 10.1. The van der Waals surface area contributed by atoms with E-state index in [-0.39, 0.29) is 11.9 Å². The zero-order chi connectivity index (χ0) is 20.6. The molecule has 0 amide bonds. The summed E-state index contributed by atoms with van der Waals surface area (Å²) in [5.41, 5.74) is 2.34. The van der Waals surface area contributed by atoms with E-state index < -0.39 is 10.6 Å². The maximum absolute atomic E-state index is 11.2. The van der Waals surface area contributed by atoms with Crippen molar-refractivity contribution in [1.29, 1.82) is 0 Å². The highest BCUT2D eigenvalue weighted by molar-refractivity contribution is 5.98. The highest BCUT2D eigenvalue weighted by Gasteiger charge is 2.20. The quantitative estimate of drug-likeness (QED) is 0.342. The van der Waals surface area contributed by atoms with Crippen molar-refractivity contribution in [2.75, 3.05) is 0 Å². The number of nitrogens with zero attached hydrogens (tertiary/aromatic N) is 5. The van der Waals surface area contributed by atoms with Crippen LogP contribution in [0.2, 0.25) is 0 Å². The van der Waals surface area contributed by atoms with Crippen LogP contribution in [0, 0.1) is 10.1 Å². The average molecular weight is 391 g/mol. The van der Waals surface area contributed by atoms with E-state index in [1.807, 2.05) is 60.7 Å². The fraction of sp³-hybridized carbons (Fsp3) is 0.100. The van der Waals surface area contributed by atoms with Gasteiger partial charge in [-0.25, -0.2) is 0 Å². The Morgan fingerprint density at radius 2 is 1.41 bits per heavy atom. The molecule has 9 heteroatoms. The van der Waals surface area contributed by atoms with Gasteiger partial charge in [0, 0.05) is 0 Å². The van der Waals surface area contributed by atoms with Gasteiger partial charge in [-0.15, -0.1) is 4.98 Å². The first-order chi connectivity index (χ1) is 14.0. The van der Waals surface area contributed by atoms with E-state index in [2.05, 4.69) is 20.3 Å². The molecule has 0 spiro atoms. The molecular weight excluding hydrogens is 374 g/mol. The Hall–Kier alpha value is -4.14. The summed E-state index contributed by atoms with van der Waals surface area (Å²) < 4.78 is 0. The molecule has 0 aliphatic rings. The fourth-order valence-corrected chi connectivity index (χ4v) is 2.27. The van der Waals surface area contributed by atoms with Crippen LogP contribution in [-0.4, -0.2) is 26.3 Å². The van der Waals surface area contributed by atoms with E-state index in [0.717, 1.165) is 17.3 Å². The van der Waals surface area contributed by atoms with Crippen LogP contribution in [0.4, 0.5) is 5.69 Å². The summed E-state index contributed by atoms with van der Waals surface area (Å²) >= 11 is 0. The van der Waals surface area contributed by atoms with E-state index in [9.17, 15) is 10.1 Å². The van der Waals surface area contributed by atoms with Crippen molar-refractivity contribution in [3.05, 3.63) is 88.1 Å². The van der Waals surface area contributed by atoms with Gasteiger partial charge in [0.2, 0.25) is 0 Å². The third-order valence-electron chi connectivity index (χ3n) is 3.83. The zero-order valence-corrected chi connectivity index (χ0v) is 15.7. The summed E-state index contributed by atoms with van der Waals surface area (Å²) in [6, 6.07) is 18.4. The van der Waals surface area contributed by atoms with Crippen molar-refractivity contribution in [3.8, 4) is 11.9 Å². The highest BCUT2D eigenvalue weighted by atomic mass is 16.7. The van der Waals surface area contributed by atoms with Gasteiger partial charge in [-0.05, 0) is 25.0 Å². The van der Waals surface area contributed by atoms with Crippen molar-refractivity contribution < 1.29 is 14.6 Å². The van der Waals surface area contributed by atoms with Gasteiger partial charge in [0.25, 0.3) is 0 Å². The number of hydrogen-bond donors (Lipinski definition) is 0. The molecule has 9 nitrogen and oxygen atoms in total. The minimum Gasteiger partial charge on any atom is -0.328 e. The minimum absolute atomic E-state index is 0.201. The van der Waals surface area contributed by atoms with Crippen molar-refractivity contribution in [2.45, 2.75) is 13.8 Å². The van der Waals surface area contributed by atoms with Gasteiger partial charge in [-0.1, -0.05) is 71.0 Å². The van der Waals surface area contributed by atoms with Gasteiger partial charge in [-0.2, -0.15) is 4.98 Å². The molecule has 2 aromatic carbocycles. The molecule has 0 bridgehead atoms. The molecular formula is C20H17N5O4. The number of nitro groups is 1. The summed E-state index contributed by atoms with van der Waals surface area (Å²) in [5.74, 6) is -0.345. The van der Waals surface area contributed by atoms with Crippen LogP contribution in [-0.2, 0) is 0 Å². The van der Waals surface area contributed by atoms with Crippen molar-refractivity contribution in [2.24, 2.45) is 10.3 Å². The van der Waals surface area contributed by atoms with Crippen molar-refractivity contribution in [3.63, 3.8) is 0 Å². The van der Waals surface area contributed by atoms with Gasteiger partial charge < -0.3 is 9.68 Å². The number of oxime groups is 2. The Morgan fingerprint density at radius 3 is 1.93 bits per heavy atom. The third-order valence-corrected chi connectivity index (χ3v) is 3.83. The molecule has 0 unspecified atom stereocenters. The van der Waals surface area contributed by atoms with Crippen molar-refractivity contribution in [1.82, 2.24) is 9.97 Å². The molecule has 29 heavy (non-hydrogen) atoms. The molecule has 3 rings (SSSR count). The van der Waals surface area contributed by atoms with Crippen molar-refractivity contribution >= 4 is 17.1 Å². The Bertz CT molecular complexity index is 1050. The molecule has 0 saturated carbocycles. The second-order valence-electron chi connectivity index (χ2n) is 5.87. The maximum atomic E-state index is 11.2. The minimum atomic E-state index is -0.662. The van der Waals surface area contributed by atoms with E-state index in [1.165, 1.54) is 0 Å².